The predicted octanol–water partition coefficient (Wildman–Crippen LogP) is 3.70. The molecule has 4 rings (SSSR count). The van der Waals surface area contributed by atoms with Gasteiger partial charge < -0.3 is 4.90 Å². The number of rotatable bonds is 5. The van der Waals surface area contributed by atoms with E-state index in [2.05, 4.69) is 50.0 Å². The zero-order chi connectivity index (χ0) is 18.6. The van der Waals surface area contributed by atoms with Crippen molar-refractivity contribution in [3.63, 3.8) is 0 Å². The highest BCUT2D eigenvalue weighted by Crippen LogP contribution is 2.27. The van der Waals surface area contributed by atoms with Gasteiger partial charge in [0.05, 0.1) is 11.3 Å². The number of hydrogen-bond acceptors (Lipinski definition) is 6. The Kier molecular flexibility index (Phi) is 4.97. The molecule has 138 valence electrons. The van der Waals surface area contributed by atoms with Crippen LogP contribution in [0.15, 0.2) is 48.0 Å². The van der Waals surface area contributed by atoms with E-state index in [4.69, 9.17) is 0 Å². The second-order valence-electron chi connectivity index (χ2n) is 6.23. The Balaban J connectivity index is 1.38. The summed E-state index contributed by atoms with van der Waals surface area (Å²) in [5.41, 5.74) is 8.69. The van der Waals surface area contributed by atoms with Gasteiger partial charge in [-0.25, -0.2) is 9.97 Å². The number of anilines is 2. The van der Waals surface area contributed by atoms with Gasteiger partial charge in [-0.15, -0.1) is 11.3 Å². The summed E-state index contributed by atoms with van der Waals surface area (Å²) in [6.07, 6.45) is 3.69. The van der Waals surface area contributed by atoms with E-state index in [1.807, 2.05) is 5.38 Å². The largest absolute Gasteiger partial charge is 0.372 e. The molecule has 0 unspecified atom stereocenters. The van der Waals surface area contributed by atoms with Gasteiger partial charge in [-0.2, -0.15) is 4.39 Å². The van der Waals surface area contributed by atoms with Crippen LogP contribution in [-0.2, 0) is 0 Å². The van der Waals surface area contributed by atoms with Crippen molar-refractivity contribution in [2.75, 3.05) is 23.4 Å². The maximum Gasteiger partial charge on any atom is 0.271 e. The highest BCUT2D eigenvalue weighted by atomic mass is 32.1. The molecular formula is C19H18FN5OS. The van der Waals surface area contributed by atoms with Crippen molar-refractivity contribution in [1.82, 2.24) is 15.4 Å². The number of nitrogens with one attached hydrogen (secondary N) is 2. The molecule has 0 atom stereocenters. The molecule has 3 heterocycles. The van der Waals surface area contributed by atoms with Crippen molar-refractivity contribution in [2.24, 2.45) is 0 Å². The molecule has 2 aromatic heterocycles. The average Bonchev–Trinajstić information content (AvgIpc) is 3.39. The minimum absolute atomic E-state index is 0.262. The standard InChI is InChI=1S/C19H18FN5OS/c20-17-8-5-14(11-21-17)18(26)23-24-19-22-16(12-27-19)13-3-6-15(7-4-13)25-9-1-2-10-25/h3-8,11-12H,1-2,9-10H2,(H,22,24)(H,23,26). The molecule has 0 radical (unpaired) electrons. The highest BCUT2D eigenvalue weighted by Gasteiger charge is 2.13. The number of amides is 1. The lowest BCUT2D eigenvalue weighted by Crippen LogP contribution is -2.29. The van der Waals surface area contributed by atoms with Crippen molar-refractivity contribution in [3.8, 4) is 11.3 Å². The topological polar surface area (TPSA) is 70.2 Å². The summed E-state index contributed by atoms with van der Waals surface area (Å²) in [7, 11) is 0. The van der Waals surface area contributed by atoms with E-state index in [0.717, 1.165) is 30.4 Å². The number of nitrogens with zero attached hydrogens (tertiary/aromatic N) is 3. The van der Waals surface area contributed by atoms with Crippen LogP contribution in [0.4, 0.5) is 15.2 Å². The molecule has 0 saturated carbocycles. The second-order valence-corrected chi connectivity index (χ2v) is 7.09. The van der Waals surface area contributed by atoms with Crippen molar-refractivity contribution in [2.45, 2.75) is 12.8 Å². The van der Waals surface area contributed by atoms with Crippen molar-refractivity contribution in [3.05, 3.63) is 59.5 Å². The van der Waals surface area contributed by atoms with E-state index in [1.54, 1.807) is 0 Å². The van der Waals surface area contributed by atoms with E-state index in [9.17, 15) is 9.18 Å². The van der Waals surface area contributed by atoms with Crippen LogP contribution in [0.1, 0.15) is 23.2 Å². The zero-order valence-corrected chi connectivity index (χ0v) is 15.3. The quantitative estimate of drug-likeness (QED) is 0.519. The van der Waals surface area contributed by atoms with Crippen LogP contribution < -0.4 is 15.8 Å². The lowest BCUT2D eigenvalue weighted by molar-refractivity contribution is 0.0962. The Morgan fingerprint density at radius 3 is 2.59 bits per heavy atom. The van der Waals surface area contributed by atoms with E-state index in [-0.39, 0.29) is 5.56 Å². The van der Waals surface area contributed by atoms with Gasteiger partial charge in [0.15, 0.2) is 0 Å². The molecule has 1 saturated heterocycles. The summed E-state index contributed by atoms with van der Waals surface area (Å²) >= 11 is 1.39. The summed E-state index contributed by atoms with van der Waals surface area (Å²) in [5.74, 6) is -1.03. The number of benzene rings is 1. The molecule has 1 aromatic carbocycles. The fourth-order valence-corrected chi connectivity index (χ4v) is 3.65. The monoisotopic (exact) mass is 383 g/mol. The van der Waals surface area contributed by atoms with Gasteiger partial charge in [-0.05, 0) is 37.1 Å². The third kappa shape index (κ3) is 4.06. The van der Waals surface area contributed by atoms with E-state index in [0.29, 0.717) is 5.13 Å². The molecule has 0 bridgehead atoms. The fourth-order valence-electron chi connectivity index (χ4n) is 2.97. The van der Waals surface area contributed by atoms with Crippen LogP contribution >= 0.6 is 11.3 Å². The number of hydrazine groups is 1. The molecule has 1 fully saturated rings. The average molecular weight is 383 g/mol. The van der Waals surface area contributed by atoms with Crippen LogP contribution in [-0.4, -0.2) is 29.0 Å². The molecule has 1 aliphatic heterocycles. The lowest BCUT2D eigenvalue weighted by atomic mass is 10.1. The number of carbonyl (C=O) groups excluding carboxylic acids is 1. The first-order valence-electron chi connectivity index (χ1n) is 8.68. The molecule has 27 heavy (non-hydrogen) atoms. The maximum atomic E-state index is 12.8. The van der Waals surface area contributed by atoms with Gasteiger partial charge >= 0.3 is 0 Å². The molecule has 1 aliphatic rings. The third-order valence-electron chi connectivity index (χ3n) is 4.41. The summed E-state index contributed by atoms with van der Waals surface area (Å²) in [5, 5.41) is 2.50. The van der Waals surface area contributed by atoms with Crippen LogP contribution in [0.2, 0.25) is 0 Å². The Morgan fingerprint density at radius 2 is 1.89 bits per heavy atom. The lowest BCUT2D eigenvalue weighted by Gasteiger charge is -2.17. The van der Waals surface area contributed by atoms with Crippen molar-refractivity contribution in [1.29, 1.82) is 0 Å². The molecule has 8 heteroatoms. The molecule has 6 nitrogen and oxygen atoms in total. The molecule has 0 aliphatic carbocycles. The number of aromatic nitrogens is 2. The Hall–Kier alpha value is -3.00. The zero-order valence-electron chi connectivity index (χ0n) is 14.5. The molecule has 2 N–H and O–H groups in total. The normalized spacial score (nSPS) is 13.6. The van der Waals surface area contributed by atoms with E-state index >= 15 is 0 Å². The maximum absolute atomic E-state index is 12.8. The predicted molar refractivity (Wildman–Crippen MR) is 104 cm³/mol. The van der Waals surface area contributed by atoms with Crippen LogP contribution in [0.3, 0.4) is 0 Å². The molecular weight excluding hydrogens is 365 g/mol. The van der Waals surface area contributed by atoms with Gasteiger partial charge in [-0.3, -0.25) is 15.6 Å². The van der Waals surface area contributed by atoms with Crippen molar-refractivity contribution >= 4 is 28.1 Å². The summed E-state index contributed by atoms with van der Waals surface area (Å²) < 4.78 is 12.8. The first-order valence-corrected chi connectivity index (χ1v) is 9.56. The Labute approximate surface area is 160 Å². The van der Waals surface area contributed by atoms with Gasteiger partial charge in [-0.1, -0.05) is 12.1 Å². The van der Waals surface area contributed by atoms with Gasteiger partial charge in [0.2, 0.25) is 11.1 Å². The minimum Gasteiger partial charge on any atom is -0.372 e. The third-order valence-corrected chi connectivity index (χ3v) is 5.17. The molecule has 1 amide bonds. The smallest absolute Gasteiger partial charge is 0.271 e. The number of pyridine rings is 1. The Morgan fingerprint density at radius 1 is 1.11 bits per heavy atom. The number of halogens is 1. The fraction of sp³-hybridized carbons (Fsp3) is 0.211. The molecule has 3 aromatic rings. The summed E-state index contributed by atoms with van der Waals surface area (Å²) in [4.78, 5) is 22.3. The number of carbonyl (C=O) groups is 1. The van der Waals surface area contributed by atoms with Gasteiger partial charge in [0.1, 0.15) is 0 Å². The molecule has 0 spiro atoms. The first kappa shape index (κ1) is 17.4. The second kappa shape index (κ2) is 7.71. The van der Waals surface area contributed by atoms with Crippen LogP contribution in [0.25, 0.3) is 11.3 Å². The first-order chi connectivity index (χ1) is 13.2. The van der Waals surface area contributed by atoms with Crippen LogP contribution in [0.5, 0.6) is 0 Å². The number of hydrogen-bond donors (Lipinski definition) is 2. The van der Waals surface area contributed by atoms with Crippen LogP contribution in [0, 0.1) is 5.95 Å². The highest BCUT2D eigenvalue weighted by molar-refractivity contribution is 7.14. The van der Waals surface area contributed by atoms with E-state index < -0.39 is 11.9 Å². The Bertz CT molecular complexity index is 920. The van der Waals surface area contributed by atoms with Gasteiger partial charge in [0.25, 0.3) is 5.91 Å². The van der Waals surface area contributed by atoms with Gasteiger partial charge in [0, 0.05) is 35.9 Å². The van der Waals surface area contributed by atoms with E-state index in [1.165, 1.54) is 42.1 Å². The summed E-state index contributed by atoms with van der Waals surface area (Å²) in [6.45, 7) is 2.24. The minimum atomic E-state index is -0.625. The van der Waals surface area contributed by atoms with Crippen molar-refractivity contribution < 1.29 is 9.18 Å². The SMILES string of the molecule is O=C(NNc1nc(-c2ccc(N3CCCC3)cc2)cs1)c1ccc(F)nc1. The summed E-state index contributed by atoms with van der Waals surface area (Å²) in [6, 6.07) is 10.9. The number of thiazole rings is 1.